The first-order valence-electron chi connectivity index (χ1n) is 6.23. The average Bonchev–Trinajstić information content (AvgIpc) is 2.96. The summed E-state index contributed by atoms with van der Waals surface area (Å²) in [5.41, 5.74) is 6.00. The van der Waals surface area contributed by atoms with Crippen molar-refractivity contribution in [2.24, 2.45) is 11.7 Å². The van der Waals surface area contributed by atoms with Crippen molar-refractivity contribution >= 4 is 23.2 Å². The average molecular weight is 283 g/mol. The van der Waals surface area contributed by atoms with Crippen LogP contribution in [0.2, 0.25) is 0 Å². The van der Waals surface area contributed by atoms with Gasteiger partial charge in [-0.1, -0.05) is 6.42 Å². The Morgan fingerprint density at radius 3 is 2.89 bits per heavy atom. The molecule has 7 heteroatoms. The molecule has 6 nitrogen and oxygen atoms in total. The fourth-order valence-corrected chi connectivity index (χ4v) is 3.03. The number of carbonyl (C=O) groups excluding carboxylic acids is 1. The second kappa shape index (κ2) is 5.66. The molecule has 1 saturated carbocycles. The second-order valence-corrected chi connectivity index (χ2v) is 5.70. The number of hydrogen-bond donors (Lipinski definition) is 3. The number of carbonyl (C=O) groups is 2. The summed E-state index contributed by atoms with van der Waals surface area (Å²) in [5, 5.41) is 14.2. The number of nitrogens with one attached hydrogen (secondary N) is 1. The Balaban J connectivity index is 2.02. The molecular weight excluding hydrogens is 266 g/mol. The van der Waals surface area contributed by atoms with E-state index in [4.69, 9.17) is 10.8 Å². The van der Waals surface area contributed by atoms with E-state index in [9.17, 15) is 9.59 Å². The van der Waals surface area contributed by atoms with Gasteiger partial charge in [-0.25, -0.2) is 4.98 Å². The molecule has 0 saturated heterocycles. The molecule has 1 aliphatic rings. The lowest BCUT2D eigenvalue weighted by atomic mass is 10.0. The van der Waals surface area contributed by atoms with Crippen LogP contribution in [0.25, 0.3) is 0 Å². The van der Waals surface area contributed by atoms with E-state index in [1.807, 2.05) is 0 Å². The van der Waals surface area contributed by atoms with Crippen molar-refractivity contribution in [2.45, 2.75) is 38.3 Å². The van der Waals surface area contributed by atoms with Crippen LogP contribution >= 0.6 is 11.3 Å². The summed E-state index contributed by atoms with van der Waals surface area (Å²) in [6.45, 7) is 1.80. The lowest BCUT2D eigenvalue weighted by Gasteiger charge is -2.16. The number of carboxylic acids is 1. The number of aromatic nitrogens is 1. The van der Waals surface area contributed by atoms with Gasteiger partial charge in [-0.05, 0) is 19.8 Å². The molecule has 1 aliphatic carbocycles. The maximum Gasteiger partial charge on any atom is 0.308 e. The van der Waals surface area contributed by atoms with Gasteiger partial charge in [-0.3, -0.25) is 9.59 Å². The van der Waals surface area contributed by atoms with Crippen LogP contribution in [0.1, 0.15) is 47.7 Å². The summed E-state index contributed by atoms with van der Waals surface area (Å²) in [4.78, 5) is 27.2. The minimum Gasteiger partial charge on any atom is -0.481 e. The van der Waals surface area contributed by atoms with Crippen LogP contribution in [-0.4, -0.2) is 28.0 Å². The zero-order valence-electron chi connectivity index (χ0n) is 10.6. The van der Waals surface area contributed by atoms with Gasteiger partial charge in [0.25, 0.3) is 5.91 Å². The van der Waals surface area contributed by atoms with Crippen molar-refractivity contribution < 1.29 is 14.7 Å². The molecule has 3 unspecified atom stereocenters. The molecule has 2 rings (SSSR count). The van der Waals surface area contributed by atoms with E-state index < -0.39 is 11.9 Å². The molecule has 4 N–H and O–H groups in total. The van der Waals surface area contributed by atoms with E-state index in [2.05, 4.69) is 10.3 Å². The molecule has 104 valence electrons. The Morgan fingerprint density at radius 2 is 2.32 bits per heavy atom. The van der Waals surface area contributed by atoms with Crippen LogP contribution in [0, 0.1) is 5.92 Å². The van der Waals surface area contributed by atoms with E-state index in [1.54, 1.807) is 12.3 Å². The van der Waals surface area contributed by atoms with E-state index in [0.717, 1.165) is 6.42 Å². The zero-order chi connectivity index (χ0) is 14.0. The van der Waals surface area contributed by atoms with Crippen molar-refractivity contribution in [1.82, 2.24) is 10.3 Å². The third-order valence-corrected chi connectivity index (χ3v) is 4.34. The Bertz CT molecular complexity index is 486. The van der Waals surface area contributed by atoms with Gasteiger partial charge in [0.2, 0.25) is 0 Å². The van der Waals surface area contributed by atoms with E-state index in [1.165, 1.54) is 11.3 Å². The van der Waals surface area contributed by atoms with Crippen LogP contribution in [0.5, 0.6) is 0 Å². The van der Waals surface area contributed by atoms with Crippen molar-refractivity contribution in [3.8, 4) is 0 Å². The van der Waals surface area contributed by atoms with Crippen LogP contribution in [0.4, 0.5) is 0 Å². The summed E-state index contributed by atoms with van der Waals surface area (Å²) in [5.74, 6) is -1.66. The van der Waals surface area contributed by atoms with Crippen LogP contribution in [0.3, 0.4) is 0 Å². The van der Waals surface area contributed by atoms with Gasteiger partial charge >= 0.3 is 5.97 Å². The highest BCUT2D eigenvalue weighted by molar-refractivity contribution is 7.09. The minimum absolute atomic E-state index is 0.204. The standard InChI is InChI=1S/C12H17N3O3S/c1-6(13)11-15-9(5-19-11)10(16)14-8-4-2-3-7(8)12(17)18/h5-8H,2-4,13H2,1H3,(H,14,16)(H,17,18). The molecule has 0 aliphatic heterocycles. The molecule has 1 amide bonds. The SMILES string of the molecule is CC(N)c1nc(C(=O)NC2CCCC2C(=O)O)cs1. The molecule has 0 aromatic carbocycles. The summed E-state index contributed by atoms with van der Waals surface area (Å²) < 4.78 is 0. The Hall–Kier alpha value is -1.47. The zero-order valence-corrected chi connectivity index (χ0v) is 11.4. The molecule has 0 spiro atoms. The maximum atomic E-state index is 12.0. The molecule has 1 fully saturated rings. The van der Waals surface area contributed by atoms with Gasteiger partial charge in [0.15, 0.2) is 0 Å². The number of carboxylic acid groups (broad SMARTS) is 1. The predicted octanol–water partition coefficient (Wildman–Crippen LogP) is 1.15. The van der Waals surface area contributed by atoms with E-state index >= 15 is 0 Å². The van der Waals surface area contributed by atoms with Crippen molar-refractivity contribution in [2.75, 3.05) is 0 Å². The van der Waals surface area contributed by atoms with E-state index in [0.29, 0.717) is 23.5 Å². The third kappa shape index (κ3) is 3.10. The van der Waals surface area contributed by atoms with Crippen LogP contribution in [0.15, 0.2) is 5.38 Å². The van der Waals surface area contributed by atoms with Crippen molar-refractivity contribution in [3.63, 3.8) is 0 Å². The van der Waals surface area contributed by atoms with Crippen LogP contribution in [-0.2, 0) is 4.79 Å². The van der Waals surface area contributed by atoms with Crippen LogP contribution < -0.4 is 11.1 Å². The number of aliphatic carboxylic acids is 1. The van der Waals surface area contributed by atoms with E-state index in [-0.39, 0.29) is 18.0 Å². The number of hydrogen-bond acceptors (Lipinski definition) is 5. The fourth-order valence-electron chi connectivity index (χ4n) is 2.27. The highest BCUT2D eigenvalue weighted by Gasteiger charge is 2.34. The first-order chi connectivity index (χ1) is 8.99. The summed E-state index contributed by atoms with van der Waals surface area (Å²) >= 11 is 1.34. The molecule has 0 bridgehead atoms. The van der Waals surface area contributed by atoms with Gasteiger partial charge in [0, 0.05) is 11.4 Å². The normalized spacial score (nSPS) is 24.1. The minimum atomic E-state index is -0.850. The predicted molar refractivity (Wildman–Crippen MR) is 70.9 cm³/mol. The lowest BCUT2D eigenvalue weighted by Crippen LogP contribution is -2.40. The Labute approximate surface area is 115 Å². The summed E-state index contributed by atoms with van der Waals surface area (Å²) in [6, 6.07) is -0.504. The number of thiazole rings is 1. The quantitative estimate of drug-likeness (QED) is 0.768. The van der Waals surface area contributed by atoms with Crippen molar-refractivity contribution in [3.05, 3.63) is 16.1 Å². The molecule has 19 heavy (non-hydrogen) atoms. The number of rotatable bonds is 4. The fraction of sp³-hybridized carbons (Fsp3) is 0.583. The first-order valence-corrected chi connectivity index (χ1v) is 7.11. The Kier molecular flexibility index (Phi) is 4.16. The topological polar surface area (TPSA) is 105 Å². The van der Waals surface area contributed by atoms with Gasteiger partial charge in [0.05, 0.1) is 12.0 Å². The number of nitrogens with zero attached hydrogens (tertiary/aromatic N) is 1. The van der Waals surface area contributed by atoms with Gasteiger partial charge in [-0.2, -0.15) is 0 Å². The van der Waals surface area contributed by atoms with Gasteiger partial charge in [-0.15, -0.1) is 11.3 Å². The highest BCUT2D eigenvalue weighted by atomic mass is 32.1. The molecular formula is C12H17N3O3S. The highest BCUT2D eigenvalue weighted by Crippen LogP contribution is 2.26. The Morgan fingerprint density at radius 1 is 1.58 bits per heavy atom. The number of amides is 1. The smallest absolute Gasteiger partial charge is 0.308 e. The first kappa shape index (κ1) is 14.0. The maximum absolute atomic E-state index is 12.0. The second-order valence-electron chi connectivity index (χ2n) is 4.82. The molecule has 1 heterocycles. The molecule has 1 aromatic heterocycles. The largest absolute Gasteiger partial charge is 0.481 e. The summed E-state index contributed by atoms with van der Waals surface area (Å²) in [7, 11) is 0. The molecule has 1 aromatic rings. The van der Waals surface area contributed by atoms with Gasteiger partial charge in [0.1, 0.15) is 10.7 Å². The summed E-state index contributed by atoms with van der Waals surface area (Å²) in [6.07, 6.45) is 2.14. The third-order valence-electron chi connectivity index (χ3n) is 3.29. The van der Waals surface area contributed by atoms with Crippen molar-refractivity contribution in [1.29, 1.82) is 0 Å². The monoisotopic (exact) mass is 283 g/mol. The lowest BCUT2D eigenvalue weighted by molar-refractivity contribution is -0.142. The molecule has 3 atom stereocenters. The molecule has 0 radical (unpaired) electrons. The van der Waals surface area contributed by atoms with Gasteiger partial charge < -0.3 is 16.2 Å². The number of nitrogens with two attached hydrogens (primary N) is 1.